The monoisotopic (exact) mass is 388 g/mol. The van der Waals surface area contributed by atoms with Crippen molar-refractivity contribution in [2.24, 2.45) is 0 Å². The summed E-state index contributed by atoms with van der Waals surface area (Å²) in [4.78, 5) is 44.3. The molecule has 0 aromatic heterocycles. The smallest absolute Gasteiger partial charge is 0.330 e. The normalized spacial score (nSPS) is 10.3. The van der Waals surface area contributed by atoms with E-state index in [1.54, 1.807) is 0 Å². The van der Waals surface area contributed by atoms with E-state index < -0.39 is 11.9 Å². The summed E-state index contributed by atoms with van der Waals surface area (Å²) in [5, 5.41) is 1.86. The zero-order valence-corrected chi connectivity index (χ0v) is 15.4. The number of hydrogen-bond acceptors (Lipinski definition) is 8. The number of rotatable bonds is 14. The third-order valence-electron chi connectivity index (χ3n) is 2.57. The molecule has 26 heavy (non-hydrogen) atoms. The molecule has 0 aromatic carbocycles. The van der Waals surface area contributed by atoms with Gasteiger partial charge in [0.25, 0.3) is 0 Å². The van der Waals surface area contributed by atoms with Crippen LogP contribution in [0.3, 0.4) is 0 Å². The Balaban J connectivity index is 3.56. The van der Waals surface area contributed by atoms with Crippen molar-refractivity contribution in [3.63, 3.8) is 0 Å². The van der Waals surface area contributed by atoms with E-state index >= 15 is 0 Å². The molecule has 0 amide bonds. The fourth-order valence-corrected chi connectivity index (χ4v) is 2.18. The summed E-state index contributed by atoms with van der Waals surface area (Å²) in [6.07, 6.45) is 3.01. The maximum atomic E-state index is 11.4. The van der Waals surface area contributed by atoms with E-state index in [1.807, 2.05) is 5.37 Å². The molecule has 146 valence electrons. The molecular formula is C17H24O8S. The van der Waals surface area contributed by atoms with Gasteiger partial charge in [0.05, 0.1) is 6.42 Å². The van der Waals surface area contributed by atoms with Crippen LogP contribution in [-0.2, 0) is 38.1 Å². The first-order valence-corrected chi connectivity index (χ1v) is 9.02. The van der Waals surface area contributed by atoms with Gasteiger partial charge in [-0.3, -0.25) is 9.59 Å². The van der Waals surface area contributed by atoms with Crippen LogP contribution in [0.5, 0.6) is 0 Å². The molecule has 0 aromatic rings. The van der Waals surface area contributed by atoms with Crippen molar-refractivity contribution in [3.8, 4) is 0 Å². The molecule has 0 aliphatic heterocycles. The molecule has 8 nitrogen and oxygen atoms in total. The second kappa shape index (κ2) is 16.1. The minimum Gasteiger partial charge on any atom is -0.462 e. The van der Waals surface area contributed by atoms with Crippen LogP contribution in [-0.4, -0.2) is 61.4 Å². The minimum atomic E-state index is -0.565. The van der Waals surface area contributed by atoms with Crippen molar-refractivity contribution in [1.29, 1.82) is 0 Å². The summed E-state index contributed by atoms with van der Waals surface area (Å²) in [6, 6.07) is 0. The lowest BCUT2D eigenvalue weighted by Gasteiger charge is -2.04. The van der Waals surface area contributed by atoms with Crippen LogP contribution in [0.4, 0.5) is 0 Å². The third kappa shape index (κ3) is 15.1. The average molecular weight is 388 g/mol. The largest absolute Gasteiger partial charge is 0.462 e. The standard InChI is InChI=1S/C17H24O8S/c1-3-14(18)22-8-10-24-16(20)6-5-12-26-13-7-17(21)25-11-9-23-15(19)4-2/h3-4,12,26H,1-2,5-11,13H2. The zero-order valence-electron chi connectivity index (χ0n) is 14.5. The highest BCUT2D eigenvalue weighted by molar-refractivity contribution is 7.97. The summed E-state index contributed by atoms with van der Waals surface area (Å²) in [7, 11) is 0. The van der Waals surface area contributed by atoms with Gasteiger partial charge in [-0.25, -0.2) is 20.9 Å². The topological polar surface area (TPSA) is 105 Å². The fourth-order valence-electron chi connectivity index (χ4n) is 1.38. The van der Waals surface area contributed by atoms with Crippen LogP contribution in [0.1, 0.15) is 19.3 Å². The van der Waals surface area contributed by atoms with Crippen LogP contribution >= 0.6 is 11.4 Å². The molecular weight excluding hydrogens is 364 g/mol. The van der Waals surface area contributed by atoms with Gasteiger partial charge in [-0.1, -0.05) is 18.5 Å². The molecule has 0 spiro atoms. The van der Waals surface area contributed by atoms with Crippen molar-refractivity contribution in [1.82, 2.24) is 0 Å². The van der Waals surface area contributed by atoms with E-state index in [1.165, 1.54) is 0 Å². The number of esters is 4. The van der Waals surface area contributed by atoms with Gasteiger partial charge in [-0.2, -0.15) is 0 Å². The Morgan fingerprint density at radius 1 is 0.731 bits per heavy atom. The maximum Gasteiger partial charge on any atom is 0.330 e. The van der Waals surface area contributed by atoms with Crippen LogP contribution in [0.25, 0.3) is 0 Å². The number of carbonyl (C=O) groups is 4. The number of carbonyl (C=O) groups excluding carboxylic acids is 4. The van der Waals surface area contributed by atoms with Gasteiger partial charge in [0.2, 0.25) is 0 Å². The van der Waals surface area contributed by atoms with Crippen molar-refractivity contribution < 1.29 is 38.1 Å². The Bertz CT molecular complexity index is 481. The molecule has 0 heterocycles. The number of hydrogen-bond donors (Lipinski definition) is 1. The highest BCUT2D eigenvalue weighted by atomic mass is 32.1. The first kappa shape index (κ1) is 23.6. The first-order valence-electron chi connectivity index (χ1n) is 7.87. The first-order chi connectivity index (χ1) is 12.5. The van der Waals surface area contributed by atoms with Crippen molar-refractivity contribution in [2.75, 3.05) is 32.2 Å². The zero-order chi connectivity index (χ0) is 19.6. The summed E-state index contributed by atoms with van der Waals surface area (Å²) >= 11 is 0.903. The lowest BCUT2D eigenvalue weighted by atomic mass is 10.3. The third-order valence-corrected chi connectivity index (χ3v) is 3.56. The molecule has 0 saturated carbocycles. The minimum absolute atomic E-state index is 0.00405. The molecule has 0 saturated heterocycles. The second-order valence-electron chi connectivity index (χ2n) is 4.56. The van der Waals surface area contributed by atoms with Crippen LogP contribution < -0.4 is 0 Å². The Morgan fingerprint density at radius 3 is 1.69 bits per heavy atom. The Hall–Kier alpha value is -2.42. The lowest BCUT2D eigenvalue weighted by molar-refractivity contribution is -0.149. The summed E-state index contributed by atoms with van der Waals surface area (Å²) in [6.45, 7) is 6.48. The Morgan fingerprint density at radius 2 is 1.19 bits per heavy atom. The molecule has 0 aliphatic carbocycles. The SMILES string of the molecule is C=CC(=O)OCCOC(=O)CCC=[SH]CCC(=O)OCCOC(=O)C=C. The van der Waals surface area contributed by atoms with E-state index in [-0.39, 0.29) is 51.2 Å². The van der Waals surface area contributed by atoms with Gasteiger partial charge in [-0.05, 0) is 12.2 Å². The van der Waals surface area contributed by atoms with Gasteiger partial charge < -0.3 is 18.9 Å². The number of thiol groups is 1. The van der Waals surface area contributed by atoms with Gasteiger partial charge in [0, 0.05) is 18.6 Å². The summed E-state index contributed by atoms with van der Waals surface area (Å²) < 4.78 is 19.1. The van der Waals surface area contributed by atoms with Crippen molar-refractivity contribution >= 4 is 40.6 Å². The van der Waals surface area contributed by atoms with E-state index in [2.05, 4.69) is 22.6 Å². The van der Waals surface area contributed by atoms with Crippen LogP contribution in [0.15, 0.2) is 25.3 Å². The lowest BCUT2D eigenvalue weighted by Crippen LogP contribution is -2.13. The summed E-state index contributed by atoms with van der Waals surface area (Å²) in [5.41, 5.74) is 0. The molecule has 0 unspecified atom stereocenters. The maximum absolute atomic E-state index is 11.4. The van der Waals surface area contributed by atoms with Gasteiger partial charge >= 0.3 is 23.9 Å². The predicted molar refractivity (Wildman–Crippen MR) is 98.0 cm³/mol. The molecule has 0 aliphatic rings. The van der Waals surface area contributed by atoms with E-state index in [0.717, 1.165) is 23.5 Å². The highest BCUT2D eigenvalue weighted by Crippen LogP contribution is 1.98. The van der Waals surface area contributed by atoms with Crippen molar-refractivity contribution in [3.05, 3.63) is 25.3 Å². The van der Waals surface area contributed by atoms with Gasteiger partial charge in [-0.15, -0.1) is 0 Å². The average Bonchev–Trinajstić information content (AvgIpc) is 2.64. The molecule has 0 bridgehead atoms. The van der Waals surface area contributed by atoms with Crippen molar-refractivity contribution in [2.45, 2.75) is 19.3 Å². The molecule has 9 heteroatoms. The van der Waals surface area contributed by atoms with E-state index in [4.69, 9.17) is 9.47 Å². The molecule has 0 rings (SSSR count). The predicted octanol–water partition coefficient (Wildman–Crippen LogP) is 0.969. The summed E-state index contributed by atoms with van der Waals surface area (Å²) in [5.74, 6) is -1.33. The Labute approximate surface area is 156 Å². The second-order valence-corrected chi connectivity index (χ2v) is 5.74. The highest BCUT2D eigenvalue weighted by Gasteiger charge is 2.03. The van der Waals surface area contributed by atoms with Gasteiger partial charge in [0.1, 0.15) is 26.4 Å². The van der Waals surface area contributed by atoms with Crippen LogP contribution in [0.2, 0.25) is 0 Å². The molecule has 0 radical (unpaired) electrons. The quantitative estimate of drug-likeness (QED) is 0.117. The Kier molecular flexibility index (Phi) is 14.6. The molecule has 0 atom stereocenters. The fraction of sp³-hybridized carbons (Fsp3) is 0.471. The molecule has 0 fully saturated rings. The van der Waals surface area contributed by atoms with E-state index in [0.29, 0.717) is 12.2 Å². The van der Waals surface area contributed by atoms with E-state index in [9.17, 15) is 19.2 Å². The van der Waals surface area contributed by atoms with Crippen LogP contribution in [0, 0.1) is 0 Å². The van der Waals surface area contributed by atoms with Gasteiger partial charge in [0.15, 0.2) is 0 Å². The molecule has 0 N–H and O–H groups in total. The number of ether oxygens (including phenoxy) is 4.